The lowest BCUT2D eigenvalue weighted by Crippen LogP contribution is -2.44. The summed E-state index contributed by atoms with van der Waals surface area (Å²) in [7, 11) is -3.82. The van der Waals surface area contributed by atoms with Crippen molar-refractivity contribution in [3.8, 4) is 0 Å². The molecule has 0 bridgehead atoms. The Labute approximate surface area is 177 Å². The molecule has 154 valence electrons. The van der Waals surface area contributed by atoms with Gasteiger partial charge in [-0.1, -0.05) is 60.1 Å². The molecule has 7 heteroatoms. The highest BCUT2D eigenvalue weighted by atomic mass is 35.5. The Balaban J connectivity index is 1.83. The van der Waals surface area contributed by atoms with Gasteiger partial charge < -0.3 is 4.90 Å². The monoisotopic (exact) mass is 432 g/mol. The van der Waals surface area contributed by atoms with Crippen molar-refractivity contribution in [1.82, 2.24) is 9.21 Å². The second kappa shape index (κ2) is 10.1. The van der Waals surface area contributed by atoms with Gasteiger partial charge in [0.2, 0.25) is 15.9 Å². The summed E-state index contributed by atoms with van der Waals surface area (Å²) in [5.74, 6) is -0.173. The summed E-state index contributed by atoms with van der Waals surface area (Å²) >= 11 is 6.24. The molecular formula is C22H25ClN2O3S. The molecule has 0 atom stereocenters. The summed E-state index contributed by atoms with van der Waals surface area (Å²) in [5.41, 5.74) is 1.44. The lowest BCUT2D eigenvalue weighted by molar-refractivity contribution is -0.132. The van der Waals surface area contributed by atoms with E-state index in [0.29, 0.717) is 23.7 Å². The van der Waals surface area contributed by atoms with Gasteiger partial charge in [-0.3, -0.25) is 4.79 Å². The van der Waals surface area contributed by atoms with Crippen LogP contribution in [-0.4, -0.2) is 43.2 Å². The predicted molar refractivity (Wildman–Crippen MR) is 117 cm³/mol. The first kappa shape index (κ1) is 21.6. The van der Waals surface area contributed by atoms with Gasteiger partial charge in [0.25, 0.3) is 0 Å². The van der Waals surface area contributed by atoms with E-state index in [2.05, 4.69) is 0 Å². The van der Waals surface area contributed by atoms with E-state index in [-0.39, 0.29) is 19.0 Å². The van der Waals surface area contributed by atoms with Crippen LogP contribution in [0.4, 0.5) is 0 Å². The summed E-state index contributed by atoms with van der Waals surface area (Å²) in [4.78, 5) is 14.5. The molecule has 0 aliphatic carbocycles. The number of sulfonamides is 1. The highest BCUT2D eigenvalue weighted by Crippen LogP contribution is 2.20. The molecule has 0 radical (unpaired) electrons. The van der Waals surface area contributed by atoms with Crippen molar-refractivity contribution in [2.45, 2.75) is 25.8 Å². The quantitative estimate of drug-likeness (QED) is 0.660. The molecule has 2 aromatic rings. The van der Waals surface area contributed by atoms with Gasteiger partial charge in [0.15, 0.2) is 0 Å². The van der Waals surface area contributed by atoms with Crippen LogP contribution >= 0.6 is 11.6 Å². The highest BCUT2D eigenvalue weighted by molar-refractivity contribution is 7.92. The van der Waals surface area contributed by atoms with Crippen LogP contribution in [0.2, 0.25) is 5.02 Å². The Morgan fingerprint density at radius 1 is 1.00 bits per heavy atom. The van der Waals surface area contributed by atoms with E-state index in [1.807, 2.05) is 30.3 Å². The maximum absolute atomic E-state index is 13.1. The molecule has 2 aromatic carbocycles. The smallest absolute Gasteiger partial charge is 0.237 e. The third-order valence-electron chi connectivity index (χ3n) is 4.92. The van der Waals surface area contributed by atoms with Gasteiger partial charge in [0.05, 0.1) is 6.54 Å². The number of benzene rings is 2. The Morgan fingerprint density at radius 2 is 1.66 bits per heavy atom. The molecule has 3 rings (SSSR count). The van der Waals surface area contributed by atoms with Crippen molar-refractivity contribution < 1.29 is 13.2 Å². The van der Waals surface area contributed by atoms with E-state index in [1.165, 1.54) is 4.31 Å². The minimum atomic E-state index is -3.82. The summed E-state index contributed by atoms with van der Waals surface area (Å²) < 4.78 is 27.3. The fourth-order valence-corrected chi connectivity index (χ4v) is 4.57. The molecule has 0 aromatic heterocycles. The third-order valence-corrected chi connectivity index (χ3v) is 6.74. The van der Waals surface area contributed by atoms with Crippen molar-refractivity contribution in [2.24, 2.45) is 0 Å². The first-order valence-electron chi connectivity index (χ1n) is 9.70. The lowest BCUT2D eigenvalue weighted by Gasteiger charge is -2.29. The number of hydrogen-bond donors (Lipinski definition) is 0. The fourth-order valence-electron chi connectivity index (χ4n) is 3.26. The average Bonchev–Trinajstić information content (AvgIpc) is 2.74. The number of hydrogen-bond acceptors (Lipinski definition) is 3. The summed E-state index contributed by atoms with van der Waals surface area (Å²) in [6, 6.07) is 16.3. The lowest BCUT2D eigenvalue weighted by atomic mass is 10.1. The van der Waals surface area contributed by atoms with Crippen LogP contribution in [0.25, 0.3) is 6.08 Å². The zero-order valence-corrected chi connectivity index (χ0v) is 17.8. The van der Waals surface area contributed by atoms with Crippen molar-refractivity contribution in [1.29, 1.82) is 0 Å². The van der Waals surface area contributed by atoms with Gasteiger partial charge in [0.1, 0.15) is 0 Å². The highest BCUT2D eigenvalue weighted by Gasteiger charge is 2.26. The van der Waals surface area contributed by atoms with Crippen LogP contribution in [0.1, 0.15) is 30.4 Å². The van der Waals surface area contributed by atoms with Gasteiger partial charge in [-0.05, 0) is 42.5 Å². The zero-order valence-electron chi connectivity index (χ0n) is 16.2. The molecule has 0 spiro atoms. The Bertz CT molecular complexity index is 955. The van der Waals surface area contributed by atoms with E-state index < -0.39 is 10.0 Å². The van der Waals surface area contributed by atoms with E-state index >= 15 is 0 Å². The average molecular weight is 433 g/mol. The Hall–Kier alpha value is -2.15. The molecule has 29 heavy (non-hydrogen) atoms. The first-order valence-corrected chi connectivity index (χ1v) is 11.6. The SMILES string of the molecule is O=C(CN(Cc1ccccc1Cl)S(=O)(=O)C=Cc1ccccc1)N1CCCCC1. The fraction of sp³-hybridized carbons (Fsp3) is 0.318. The molecule has 1 aliphatic heterocycles. The van der Waals surface area contributed by atoms with Crippen LogP contribution in [0.5, 0.6) is 0 Å². The van der Waals surface area contributed by atoms with E-state index in [0.717, 1.165) is 30.2 Å². The van der Waals surface area contributed by atoms with E-state index in [1.54, 1.807) is 35.2 Å². The number of rotatable bonds is 7. The molecular weight excluding hydrogens is 408 g/mol. The largest absolute Gasteiger partial charge is 0.342 e. The van der Waals surface area contributed by atoms with E-state index in [9.17, 15) is 13.2 Å². The van der Waals surface area contributed by atoms with Crippen LogP contribution in [-0.2, 0) is 21.4 Å². The maximum atomic E-state index is 13.1. The maximum Gasteiger partial charge on any atom is 0.237 e. The van der Waals surface area contributed by atoms with Gasteiger partial charge in [-0.2, -0.15) is 4.31 Å². The van der Waals surface area contributed by atoms with Crippen molar-refractivity contribution in [3.63, 3.8) is 0 Å². The minimum absolute atomic E-state index is 0.0424. The number of halogens is 1. The van der Waals surface area contributed by atoms with Gasteiger partial charge in [-0.15, -0.1) is 0 Å². The molecule has 5 nitrogen and oxygen atoms in total. The topological polar surface area (TPSA) is 57.7 Å². The van der Waals surface area contributed by atoms with Crippen molar-refractivity contribution >= 4 is 33.6 Å². The van der Waals surface area contributed by atoms with Gasteiger partial charge in [0, 0.05) is 30.1 Å². The molecule has 1 saturated heterocycles. The van der Waals surface area contributed by atoms with Crippen LogP contribution in [0, 0.1) is 0 Å². The summed E-state index contributed by atoms with van der Waals surface area (Å²) in [5, 5.41) is 1.63. The first-order chi connectivity index (χ1) is 14.0. The van der Waals surface area contributed by atoms with E-state index in [4.69, 9.17) is 11.6 Å². The molecule has 1 amide bonds. The number of carbonyl (C=O) groups excluding carboxylic acids is 1. The summed E-state index contributed by atoms with van der Waals surface area (Å²) in [6.07, 6.45) is 4.55. The molecule has 1 heterocycles. The van der Waals surface area contributed by atoms with Crippen LogP contribution in [0.15, 0.2) is 60.0 Å². The minimum Gasteiger partial charge on any atom is -0.342 e. The number of amides is 1. The Morgan fingerprint density at radius 3 is 2.34 bits per heavy atom. The number of nitrogens with zero attached hydrogens (tertiary/aromatic N) is 2. The standard InChI is InChI=1S/C22H25ClN2O3S/c23-21-12-6-5-11-20(21)17-25(18-22(26)24-14-7-2-8-15-24)29(27,28)16-13-19-9-3-1-4-10-19/h1,3-6,9-13,16H,2,7-8,14-15,17-18H2. The van der Waals surface area contributed by atoms with Crippen LogP contribution in [0.3, 0.4) is 0 Å². The zero-order chi connectivity index (χ0) is 20.7. The third kappa shape index (κ3) is 6.16. The van der Waals surface area contributed by atoms with Crippen molar-refractivity contribution in [2.75, 3.05) is 19.6 Å². The second-order valence-corrected chi connectivity index (χ2v) is 9.29. The Kier molecular flexibility index (Phi) is 7.47. The molecule has 0 unspecified atom stereocenters. The van der Waals surface area contributed by atoms with Crippen LogP contribution < -0.4 is 0 Å². The summed E-state index contributed by atoms with van der Waals surface area (Å²) in [6.45, 7) is 1.20. The number of likely N-dealkylation sites (tertiary alicyclic amines) is 1. The normalized spacial score (nSPS) is 15.2. The molecule has 0 saturated carbocycles. The number of piperidine rings is 1. The van der Waals surface area contributed by atoms with Crippen molar-refractivity contribution in [3.05, 3.63) is 76.2 Å². The predicted octanol–water partition coefficient (Wildman–Crippen LogP) is 4.16. The number of carbonyl (C=O) groups is 1. The van der Waals surface area contributed by atoms with Gasteiger partial charge >= 0.3 is 0 Å². The van der Waals surface area contributed by atoms with Gasteiger partial charge in [-0.25, -0.2) is 8.42 Å². The molecule has 1 fully saturated rings. The second-order valence-electron chi connectivity index (χ2n) is 7.06. The molecule has 1 aliphatic rings. The molecule has 0 N–H and O–H groups in total.